The fourth-order valence-corrected chi connectivity index (χ4v) is 2.86. The number of fused-ring (bicyclic) bond motifs is 1. The summed E-state index contributed by atoms with van der Waals surface area (Å²) in [6.45, 7) is 2.35. The highest BCUT2D eigenvalue weighted by Gasteiger charge is 2.12. The van der Waals surface area contributed by atoms with Gasteiger partial charge >= 0.3 is 0 Å². The zero-order valence-electron chi connectivity index (χ0n) is 11.2. The maximum Gasteiger partial charge on any atom is 0.161 e. The summed E-state index contributed by atoms with van der Waals surface area (Å²) in [7, 11) is 0. The lowest BCUT2D eigenvalue weighted by atomic mass is 10.1. The van der Waals surface area contributed by atoms with Crippen molar-refractivity contribution in [2.24, 2.45) is 0 Å². The van der Waals surface area contributed by atoms with Gasteiger partial charge in [-0.3, -0.25) is 0 Å². The Morgan fingerprint density at radius 3 is 2.86 bits per heavy atom. The molecule has 106 valence electrons. The van der Waals surface area contributed by atoms with Gasteiger partial charge in [0.15, 0.2) is 5.82 Å². The van der Waals surface area contributed by atoms with E-state index in [1.165, 1.54) is 11.1 Å². The van der Waals surface area contributed by atoms with Crippen LogP contribution in [0, 0.1) is 17.1 Å². The molecule has 0 saturated carbocycles. The van der Waals surface area contributed by atoms with Crippen molar-refractivity contribution < 1.29 is 4.39 Å². The molecule has 0 aliphatic carbocycles. The summed E-state index contributed by atoms with van der Waals surface area (Å²) in [6, 6.07) is 11.4. The van der Waals surface area contributed by atoms with E-state index < -0.39 is 5.82 Å². The van der Waals surface area contributed by atoms with Crippen molar-refractivity contribution in [1.82, 2.24) is 5.32 Å². The average molecular weight is 346 g/mol. The fraction of sp³-hybridized carbons (Fsp3) is 0.188. The molecule has 0 bridgehead atoms. The van der Waals surface area contributed by atoms with Gasteiger partial charge in [0.2, 0.25) is 0 Å². The van der Waals surface area contributed by atoms with Crippen molar-refractivity contribution in [3.8, 4) is 6.07 Å². The first-order chi connectivity index (χ1) is 10.2. The average Bonchev–Trinajstić information content (AvgIpc) is 2.96. The monoisotopic (exact) mass is 345 g/mol. The minimum atomic E-state index is -0.433. The highest BCUT2D eigenvalue weighted by atomic mass is 79.9. The Morgan fingerprint density at radius 2 is 2.05 bits per heavy atom. The second kappa shape index (κ2) is 5.84. The number of nitrogens with zero attached hydrogens (tertiary/aromatic N) is 1. The highest BCUT2D eigenvalue weighted by Crippen LogP contribution is 2.27. The van der Waals surface area contributed by atoms with E-state index >= 15 is 0 Å². The Balaban J connectivity index is 1.76. The summed E-state index contributed by atoms with van der Waals surface area (Å²) in [6.07, 6.45) is 0. The first kappa shape index (κ1) is 14.1. The minimum Gasteiger partial charge on any atom is -0.379 e. The molecule has 0 atom stereocenters. The minimum absolute atomic E-state index is 0.202. The normalized spacial score (nSPS) is 12.8. The number of hydrogen-bond donors (Lipinski definition) is 2. The number of rotatable bonds is 3. The second-order valence-electron chi connectivity index (χ2n) is 4.96. The van der Waals surface area contributed by atoms with Crippen LogP contribution >= 0.6 is 15.9 Å². The van der Waals surface area contributed by atoms with Crippen LogP contribution in [0.25, 0.3) is 0 Å². The van der Waals surface area contributed by atoms with Gasteiger partial charge in [0.1, 0.15) is 6.07 Å². The Bertz CT molecular complexity index is 737. The summed E-state index contributed by atoms with van der Waals surface area (Å²) in [5.74, 6) is -0.433. The van der Waals surface area contributed by atoms with Crippen LogP contribution in [0.1, 0.15) is 22.3 Å². The van der Waals surface area contributed by atoms with E-state index in [2.05, 4.69) is 44.8 Å². The molecule has 0 unspecified atom stereocenters. The Labute approximate surface area is 130 Å². The van der Waals surface area contributed by atoms with Gasteiger partial charge in [0.25, 0.3) is 0 Å². The van der Waals surface area contributed by atoms with Gasteiger partial charge in [-0.1, -0.05) is 18.2 Å². The maximum absolute atomic E-state index is 14.1. The van der Waals surface area contributed by atoms with Crippen molar-refractivity contribution in [3.05, 3.63) is 62.9 Å². The van der Waals surface area contributed by atoms with Gasteiger partial charge in [0.05, 0.1) is 15.7 Å². The topological polar surface area (TPSA) is 47.9 Å². The van der Waals surface area contributed by atoms with Crippen LogP contribution in [0.4, 0.5) is 10.1 Å². The number of nitriles is 1. The van der Waals surface area contributed by atoms with Gasteiger partial charge in [-0.2, -0.15) is 5.26 Å². The van der Waals surface area contributed by atoms with Crippen LogP contribution in [-0.4, -0.2) is 0 Å². The molecule has 0 fully saturated rings. The summed E-state index contributed by atoms with van der Waals surface area (Å²) in [5.41, 5.74) is 4.42. The summed E-state index contributed by atoms with van der Waals surface area (Å²) >= 11 is 3.11. The summed E-state index contributed by atoms with van der Waals surface area (Å²) in [4.78, 5) is 0. The van der Waals surface area contributed by atoms with Gasteiger partial charge < -0.3 is 10.6 Å². The Kier molecular flexibility index (Phi) is 3.91. The first-order valence-electron chi connectivity index (χ1n) is 6.62. The molecule has 3 nitrogen and oxygen atoms in total. The number of nitrogens with one attached hydrogen (secondary N) is 2. The van der Waals surface area contributed by atoms with Gasteiger partial charge in [0, 0.05) is 19.6 Å². The molecule has 1 heterocycles. The van der Waals surface area contributed by atoms with Crippen molar-refractivity contribution in [3.63, 3.8) is 0 Å². The van der Waals surface area contributed by atoms with Crippen molar-refractivity contribution in [1.29, 1.82) is 5.26 Å². The molecule has 0 spiro atoms. The van der Waals surface area contributed by atoms with E-state index in [4.69, 9.17) is 5.26 Å². The third-order valence-corrected chi connectivity index (χ3v) is 4.36. The molecular weight excluding hydrogens is 333 g/mol. The van der Waals surface area contributed by atoms with E-state index in [1.54, 1.807) is 12.1 Å². The van der Waals surface area contributed by atoms with Crippen LogP contribution in [0.2, 0.25) is 0 Å². The fourth-order valence-electron chi connectivity index (χ4n) is 2.43. The number of hydrogen-bond acceptors (Lipinski definition) is 3. The molecule has 2 aromatic rings. The van der Waals surface area contributed by atoms with Gasteiger partial charge in [-0.25, -0.2) is 4.39 Å². The van der Waals surface area contributed by atoms with Crippen LogP contribution in [0.3, 0.4) is 0 Å². The van der Waals surface area contributed by atoms with Crippen LogP contribution in [0.5, 0.6) is 0 Å². The molecular formula is C16H13BrFN3. The molecule has 0 saturated heterocycles. The van der Waals surface area contributed by atoms with E-state index in [1.807, 2.05) is 6.07 Å². The first-order valence-corrected chi connectivity index (χ1v) is 7.41. The van der Waals surface area contributed by atoms with Crippen molar-refractivity contribution in [2.45, 2.75) is 19.6 Å². The standard InChI is InChI=1S/C16H13BrFN3/c17-15-11(6-19)3-4-14(16(15)18)21-7-10-1-2-12-8-20-9-13(12)5-10/h1-5,20-21H,7-9H2. The van der Waals surface area contributed by atoms with Gasteiger partial charge in [-0.05, 0) is 44.8 Å². The molecule has 1 aliphatic heterocycles. The van der Waals surface area contributed by atoms with Crippen LogP contribution in [0.15, 0.2) is 34.8 Å². The summed E-state index contributed by atoms with van der Waals surface area (Å²) in [5, 5.41) is 15.2. The quantitative estimate of drug-likeness (QED) is 0.892. The lowest BCUT2D eigenvalue weighted by Gasteiger charge is -2.10. The molecule has 0 aromatic heterocycles. The maximum atomic E-state index is 14.1. The molecule has 2 aromatic carbocycles. The van der Waals surface area contributed by atoms with E-state index in [9.17, 15) is 4.39 Å². The molecule has 1 aliphatic rings. The third-order valence-electron chi connectivity index (χ3n) is 3.59. The predicted octanol–water partition coefficient (Wildman–Crippen LogP) is 3.68. The number of benzene rings is 2. The smallest absolute Gasteiger partial charge is 0.161 e. The van der Waals surface area contributed by atoms with E-state index in [0.29, 0.717) is 17.8 Å². The van der Waals surface area contributed by atoms with E-state index in [-0.39, 0.29) is 4.47 Å². The zero-order chi connectivity index (χ0) is 14.8. The lowest BCUT2D eigenvalue weighted by molar-refractivity contribution is 0.623. The molecule has 3 rings (SSSR count). The van der Waals surface area contributed by atoms with Gasteiger partial charge in [-0.15, -0.1) is 0 Å². The third kappa shape index (κ3) is 2.78. The SMILES string of the molecule is N#Cc1ccc(NCc2ccc3c(c2)CNC3)c(F)c1Br. The van der Waals surface area contributed by atoms with Crippen molar-refractivity contribution >= 4 is 21.6 Å². The number of halogens is 2. The van der Waals surface area contributed by atoms with Crippen molar-refractivity contribution in [2.75, 3.05) is 5.32 Å². The molecule has 21 heavy (non-hydrogen) atoms. The van der Waals surface area contributed by atoms with E-state index in [0.717, 1.165) is 18.7 Å². The number of anilines is 1. The van der Waals surface area contributed by atoms with Crippen LogP contribution in [-0.2, 0) is 19.6 Å². The second-order valence-corrected chi connectivity index (χ2v) is 5.75. The highest BCUT2D eigenvalue weighted by molar-refractivity contribution is 9.10. The molecule has 5 heteroatoms. The molecule has 0 radical (unpaired) electrons. The Hall–Kier alpha value is -1.90. The summed E-state index contributed by atoms with van der Waals surface area (Å²) < 4.78 is 14.3. The van der Waals surface area contributed by atoms with Crippen LogP contribution < -0.4 is 10.6 Å². The zero-order valence-corrected chi connectivity index (χ0v) is 12.8. The molecule has 2 N–H and O–H groups in total. The largest absolute Gasteiger partial charge is 0.379 e. The predicted molar refractivity (Wildman–Crippen MR) is 83.1 cm³/mol. The molecule has 0 amide bonds. The lowest BCUT2D eigenvalue weighted by Crippen LogP contribution is -2.03. The Morgan fingerprint density at radius 1 is 1.24 bits per heavy atom.